The van der Waals surface area contributed by atoms with Crippen molar-refractivity contribution >= 4 is 50.6 Å². The van der Waals surface area contributed by atoms with Crippen molar-refractivity contribution in [3.63, 3.8) is 0 Å². The zero-order chi connectivity index (χ0) is 25.2. The normalized spacial score (nSPS) is 14.6. The number of rotatable bonds is 5. The number of halogens is 4. The highest BCUT2D eigenvalue weighted by atomic mass is 35.5. The summed E-state index contributed by atoms with van der Waals surface area (Å²) in [4.78, 5) is 14.1. The van der Waals surface area contributed by atoms with Gasteiger partial charge in [0.1, 0.15) is 11.6 Å². The van der Waals surface area contributed by atoms with Crippen LogP contribution in [0, 0.1) is 11.6 Å². The van der Waals surface area contributed by atoms with Gasteiger partial charge in [0.05, 0.1) is 10.6 Å². The minimum atomic E-state index is -4.26. The number of anilines is 2. The maximum atomic E-state index is 14.8. The highest BCUT2D eigenvalue weighted by Gasteiger charge is 2.36. The molecule has 3 aromatic rings. The van der Waals surface area contributed by atoms with Crippen molar-refractivity contribution in [2.45, 2.75) is 23.8 Å². The predicted octanol–water partition coefficient (Wildman–Crippen LogP) is 6.16. The molecular weight excluding hydrogens is 519 g/mol. The molecule has 6 nitrogen and oxygen atoms in total. The standard InChI is InChI=1S/C24H21Cl2F2N3O3S/c25-16-1-6-19(7-2-16)29-24(32)30-13-11-20(12-14-30)31(23-15-18(27)5-10-22(23)28)35(33,34)21-8-3-17(26)4-9-21/h1-10,15,20H,11-14H2,(H,29,32). The lowest BCUT2D eigenvalue weighted by molar-refractivity contribution is 0.195. The van der Waals surface area contributed by atoms with E-state index in [4.69, 9.17) is 23.2 Å². The van der Waals surface area contributed by atoms with Crippen molar-refractivity contribution in [2.24, 2.45) is 0 Å². The van der Waals surface area contributed by atoms with Gasteiger partial charge in [-0.2, -0.15) is 0 Å². The minimum Gasteiger partial charge on any atom is -0.324 e. The van der Waals surface area contributed by atoms with Crippen LogP contribution in [0.4, 0.5) is 25.0 Å². The van der Waals surface area contributed by atoms with Gasteiger partial charge in [-0.25, -0.2) is 22.0 Å². The molecule has 0 bridgehead atoms. The molecule has 0 aromatic heterocycles. The van der Waals surface area contributed by atoms with Crippen LogP contribution < -0.4 is 9.62 Å². The molecule has 0 saturated carbocycles. The Labute approximate surface area is 212 Å². The fourth-order valence-electron chi connectivity index (χ4n) is 3.94. The highest BCUT2D eigenvalue weighted by Crippen LogP contribution is 2.33. The Morgan fingerprint density at radius 2 is 1.49 bits per heavy atom. The Morgan fingerprint density at radius 1 is 0.914 bits per heavy atom. The van der Waals surface area contributed by atoms with Gasteiger partial charge in [0.2, 0.25) is 0 Å². The number of sulfonamides is 1. The number of hydrogen-bond donors (Lipinski definition) is 1. The number of piperidine rings is 1. The third-order valence-electron chi connectivity index (χ3n) is 5.69. The van der Waals surface area contributed by atoms with E-state index in [1.807, 2.05) is 0 Å². The van der Waals surface area contributed by atoms with E-state index in [1.165, 1.54) is 24.3 Å². The van der Waals surface area contributed by atoms with Gasteiger partial charge in [-0.15, -0.1) is 0 Å². The van der Waals surface area contributed by atoms with E-state index in [9.17, 15) is 22.0 Å². The van der Waals surface area contributed by atoms with Crippen LogP contribution in [0.3, 0.4) is 0 Å². The molecule has 184 valence electrons. The summed E-state index contributed by atoms with van der Waals surface area (Å²) in [6.07, 6.45) is 0.438. The molecular formula is C24H21Cl2F2N3O3S. The second kappa shape index (κ2) is 10.4. The summed E-state index contributed by atoms with van der Waals surface area (Å²) in [6, 6.07) is 13.7. The van der Waals surface area contributed by atoms with Gasteiger partial charge in [0.15, 0.2) is 0 Å². The van der Waals surface area contributed by atoms with Crippen molar-refractivity contribution in [3.05, 3.63) is 88.4 Å². The first kappa shape index (κ1) is 25.2. The number of nitrogens with one attached hydrogen (secondary N) is 1. The SMILES string of the molecule is O=C(Nc1ccc(Cl)cc1)N1CCC(N(c2cc(F)ccc2F)S(=O)(=O)c2ccc(Cl)cc2)CC1. The molecule has 3 aromatic carbocycles. The van der Waals surface area contributed by atoms with Crippen molar-refractivity contribution in [2.75, 3.05) is 22.7 Å². The molecule has 35 heavy (non-hydrogen) atoms. The van der Waals surface area contributed by atoms with Gasteiger partial charge in [0.25, 0.3) is 10.0 Å². The quantitative estimate of drug-likeness (QED) is 0.421. The number of benzene rings is 3. The lowest BCUT2D eigenvalue weighted by Gasteiger charge is -2.39. The summed E-state index contributed by atoms with van der Waals surface area (Å²) in [5, 5.41) is 3.64. The second-order valence-corrected chi connectivity index (χ2v) is 10.7. The maximum absolute atomic E-state index is 14.8. The van der Waals surface area contributed by atoms with E-state index in [0.29, 0.717) is 15.7 Å². The number of nitrogens with zero attached hydrogens (tertiary/aromatic N) is 2. The topological polar surface area (TPSA) is 69.7 Å². The van der Waals surface area contributed by atoms with E-state index < -0.39 is 27.7 Å². The van der Waals surface area contributed by atoms with Gasteiger partial charge in [0, 0.05) is 40.9 Å². The molecule has 0 unspecified atom stereocenters. The molecule has 0 aliphatic carbocycles. The van der Waals surface area contributed by atoms with Crippen LogP contribution in [0.2, 0.25) is 10.0 Å². The van der Waals surface area contributed by atoms with Crippen LogP contribution in [0.1, 0.15) is 12.8 Å². The molecule has 4 rings (SSSR count). The van der Waals surface area contributed by atoms with Crippen molar-refractivity contribution in [1.82, 2.24) is 4.90 Å². The Bertz CT molecular complexity index is 1310. The molecule has 1 aliphatic rings. The van der Waals surface area contributed by atoms with Crippen LogP contribution in [0.25, 0.3) is 0 Å². The molecule has 0 spiro atoms. The molecule has 1 aliphatic heterocycles. The van der Waals surface area contributed by atoms with Gasteiger partial charge in [-0.3, -0.25) is 4.31 Å². The average Bonchev–Trinajstić information content (AvgIpc) is 2.83. The van der Waals surface area contributed by atoms with Crippen LogP contribution in [0.5, 0.6) is 0 Å². The predicted molar refractivity (Wildman–Crippen MR) is 133 cm³/mol. The lowest BCUT2D eigenvalue weighted by atomic mass is 10.0. The van der Waals surface area contributed by atoms with E-state index in [-0.39, 0.29) is 42.5 Å². The number of hydrogen-bond acceptors (Lipinski definition) is 3. The summed E-state index contributed by atoms with van der Waals surface area (Å²) in [7, 11) is -4.26. The van der Waals surface area contributed by atoms with Crippen molar-refractivity contribution in [3.8, 4) is 0 Å². The third-order valence-corrected chi connectivity index (χ3v) is 8.08. The Balaban J connectivity index is 1.58. The zero-order valence-corrected chi connectivity index (χ0v) is 20.6. The molecule has 11 heteroatoms. The minimum absolute atomic E-state index is 0.103. The van der Waals surface area contributed by atoms with Crippen LogP contribution in [0.15, 0.2) is 71.6 Å². The number of amides is 2. The lowest BCUT2D eigenvalue weighted by Crippen LogP contribution is -2.50. The third kappa shape index (κ3) is 5.69. The number of urea groups is 1. The Hall–Kier alpha value is -2.88. The number of carbonyl (C=O) groups excluding carboxylic acids is 1. The Morgan fingerprint density at radius 3 is 2.09 bits per heavy atom. The maximum Gasteiger partial charge on any atom is 0.321 e. The Kier molecular flexibility index (Phi) is 7.49. The van der Waals surface area contributed by atoms with Crippen molar-refractivity contribution in [1.29, 1.82) is 0 Å². The van der Waals surface area contributed by atoms with Crippen LogP contribution in [-0.2, 0) is 10.0 Å². The van der Waals surface area contributed by atoms with Gasteiger partial charge < -0.3 is 10.2 Å². The summed E-state index contributed by atoms with van der Waals surface area (Å²) in [6.45, 7) is 0.432. The summed E-state index contributed by atoms with van der Waals surface area (Å²) >= 11 is 11.8. The smallest absolute Gasteiger partial charge is 0.321 e. The van der Waals surface area contributed by atoms with Crippen molar-refractivity contribution < 1.29 is 22.0 Å². The largest absolute Gasteiger partial charge is 0.324 e. The summed E-state index contributed by atoms with van der Waals surface area (Å²) < 4.78 is 56.9. The van der Waals surface area contributed by atoms with E-state index in [0.717, 1.165) is 22.5 Å². The first-order valence-corrected chi connectivity index (χ1v) is 12.9. The van der Waals surface area contributed by atoms with E-state index in [1.54, 1.807) is 29.2 Å². The fraction of sp³-hybridized carbons (Fsp3) is 0.208. The second-order valence-electron chi connectivity index (χ2n) is 8.01. The molecule has 0 radical (unpaired) electrons. The van der Waals surface area contributed by atoms with Crippen LogP contribution in [-0.4, -0.2) is 38.5 Å². The molecule has 1 heterocycles. The van der Waals surface area contributed by atoms with E-state index in [2.05, 4.69) is 5.32 Å². The zero-order valence-electron chi connectivity index (χ0n) is 18.3. The van der Waals surface area contributed by atoms with E-state index >= 15 is 0 Å². The number of carbonyl (C=O) groups is 1. The molecule has 1 N–H and O–H groups in total. The molecule has 0 atom stereocenters. The average molecular weight is 540 g/mol. The molecule has 1 fully saturated rings. The van der Waals surface area contributed by atoms with Gasteiger partial charge in [-0.05, 0) is 73.5 Å². The highest BCUT2D eigenvalue weighted by molar-refractivity contribution is 7.92. The summed E-state index contributed by atoms with van der Waals surface area (Å²) in [5.74, 6) is -1.63. The van der Waals surface area contributed by atoms with Gasteiger partial charge in [-0.1, -0.05) is 23.2 Å². The van der Waals surface area contributed by atoms with Crippen LogP contribution >= 0.6 is 23.2 Å². The van der Waals surface area contributed by atoms with Gasteiger partial charge >= 0.3 is 6.03 Å². The molecule has 1 saturated heterocycles. The summed E-state index contributed by atoms with van der Waals surface area (Å²) in [5.41, 5.74) is 0.180. The monoisotopic (exact) mass is 539 g/mol. The molecule has 2 amide bonds. The fourth-order valence-corrected chi connectivity index (χ4v) is 5.90. The first-order chi connectivity index (χ1) is 16.6. The first-order valence-electron chi connectivity index (χ1n) is 10.7. The number of likely N-dealkylation sites (tertiary alicyclic amines) is 1.